The van der Waals surface area contributed by atoms with Gasteiger partial charge in [0.2, 0.25) is 0 Å². The van der Waals surface area contributed by atoms with Gasteiger partial charge in [0.15, 0.2) is 11.0 Å². The third-order valence-electron chi connectivity index (χ3n) is 1.88. The van der Waals surface area contributed by atoms with Crippen LogP contribution in [0.3, 0.4) is 0 Å². The summed E-state index contributed by atoms with van der Waals surface area (Å²) in [4.78, 5) is 0. The Bertz CT molecular complexity index is 453. The van der Waals surface area contributed by atoms with E-state index in [0.717, 1.165) is 0 Å². The highest BCUT2D eigenvalue weighted by atomic mass is 16.8. The topological polar surface area (TPSA) is 94.7 Å². The summed E-state index contributed by atoms with van der Waals surface area (Å²) in [5.41, 5.74) is 1.53. The molecule has 1 aromatic carbocycles. The fourth-order valence-corrected chi connectivity index (χ4v) is 1.22. The Hall–Kier alpha value is -1.86. The van der Waals surface area contributed by atoms with E-state index in [1.54, 1.807) is 13.1 Å². The van der Waals surface area contributed by atoms with Gasteiger partial charge in [-0.1, -0.05) is 0 Å². The quantitative estimate of drug-likeness (QED) is 0.613. The zero-order chi connectivity index (χ0) is 10.1. The van der Waals surface area contributed by atoms with Gasteiger partial charge >= 0.3 is 0 Å². The highest BCUT2D eigenvalue weighted by molar-refractivity contribution is 5.95. The Morgan fingerprint density at radius 1 is 1.29 bits per heavy atom. The largest absolute Gasteiger partial charge is 0.386 e. The Morgan fingerprint density at radius 2 is 2.00 bits per heavy atom. The Labute approximate surface area is 78.4 Å². The first-order chi connectivity index (χ1) is 6.74. The Balaban J connectivity index is 2.72. The second-order valence-electron chi connectivity index (χ2n) is 2.63. The highest BCUT2D eigenvalue weighted by Crippen LogP contribution is 2.27. The number of fused-ring (bicyclic) bond motifs is 1. The van der Waals surface area contributed by atoms with Crippen molar-refractivity contribution in [1.82, 2.24) is 10.3 Å². The van der Waals surface area contributed by atoms with E-state index >= 15 is 0 Å². The van der Waals surface area contributed by atoms with Gasteiger partial charge < -0.3 is 5.32 Å². The standard InChI is InChI=1S/C7H8N4O3/c1-8-4-2-3-5(11(12)13)7-6(4)9-14-10-7/h2-3,8,12-13H,1H3. The summed E-state index contributed by atoms with van der Waals surface area (Å²) in [6.07, 6.45) is 0. The number of anilines is 2. The van der Waals surface area contributed by atoms with Gasteiger partial charge in [0.05, 0.1) is 5.69 Å². The highest BCUT2D eigenvalue weighted by Gasteiger charge is 2.13. The molecule has 0 aliphatic rings. The Morgan fingerprint density at radius 3 is 2.64 bits per heavy atom. The fraction of sp³-hybridized carbons (Fsp3) is 0.143. The van der Waals surface area contributed by atoms with Crippen molar-refractivity contribution in [2.45, 2.75) is 0 Å². The first-order valence-electron chi connectivity index (χ1n) is 3.85. The summed E-state index contributed by atoms with van der Waals surface area (Å²) >= 11 is 0. The van der Waals surface area contributed by atoms with Crippen LogP contribution in [0.25, 0.3) is 11.0 Å². The van der Waals surface area contributed by atoms with Gasteiger partial charge in [0, 0.05) is 7.05 Å². The molecule has 0 aliphatic heterocycles. The van der Waals surface area contributed by atoms with E-state index in [2.05, 4.69) is 20.3 Å². The van der Waals surface area contributed by atoms with E-state index in [0.29, 0.717) is 11.2 Å². The molecule has 0 radical (unpaired) electrons. The molecule has 0 fully saturated rings. The van der Waals surface area contributed by atoms with Gasteiger partial charge in [-0.25, -0.2) is 4.63 Å². The molecule has 0 bridgehead atoms. The molecular formula is C7H8N4O3. The lowest BCUT2D eigenvalue weighted by Crippen LogP contribution is -2.11. The molecule has 7 heteroatoms. The van der Waals surface area contributed by atoms with Crippen molar-refractivity contribution in [2.75, 3.05) is 17.6 Å². The molecule has 74 valence electrons. The van der Waals surface area contributed by atoms with E-state index in [-0.39, 0.29) is 16.4 Å². The minimum absolute atomic E-state index is 0.0219. The smallest absolute Gasteiger partial charge is 0.165 e. The maximum absolute atomic E-state index is 8.86. The summed E-state index contributed by atoms with van der Waals surface area (Å²) in [5, 5.41) is 27.8. The average molecular weight is 196 g/mol. The van der Waals surface area contributed by atoms with Crippen molar-refractivity contribution < 1.29 is 15.0 Å². The first kappa shape index (κ1) is 8.73. The van der Waals surface area contributed by atoms with Crippen LogP contribution in [0.2, 0.25) is 0 Å². The lowest BCUT2D eigenvalue weighted by molar-refractivity contribution is 0.0298. The molecule has 3 N–H and O–H groups in total. The zero-order valence-corrected chi connectivity index (χ0v) is 7.30. The van der Waals surface area contributed by atoms with Crippen molar-refractivity contribution in [1.29, 1.82) is 0 Å². The zero-order valence-electron chi connectivity index (χ0n) is 7.30. The summed E-state index contributed by atoms with van der Waals surface area (Å²) in [5.74, 6) is 0. The van der Waals surface area contributed by atoms with E-state index in [1.807, 2.05) is 0 Å². The molecule has 0 atom stereocenters. The van der Waals surface area contributed by atoms with Crippen LogP contribution in [0.4, 0.5) is 11.4 Å². The minimum atomic E-state index is -0.0219. The van der Waals surface area contributed by atoms with Crippen molar-refractivity contribution in [3.05, 3.63) is 12.1 Å². The maximum Gasteiger partial charge on any atom is 0.165 e. The third-order valence-corrected chi connectivity index (χ3v) is 1.88. The van der Waals surface area contributed by atoms with Crippen LogP contribution in [0.1, 0.15) is 0 Å². The molecule has 7 nitrogen and oxygen atoms in total. The van der Waals surface area contributed by atoms with Crippen LogP contribution < -0.4 is 10.5 Å². The van der Waals surface area contributed by atoms with Crippen LogP contribution >= 0.6 is 0 Å². The lowest BCUT2D eigenvalue weighted by Gasteiger charge is -2.08. The number of hydrogen-bond acceptors (Lipinski definition) is 7. The van der Waals surface area contributed by atoms with Crippen LogP contribution in [0.5, 0.6) is 0 Å². The summed E-state index contributed by atoms with van der Waals surface area (Å²) < 4.78 is 4.51. The molecule has 0 amide bonds. The van der Waals surface area contributed by atoms with Gasteiger partial charge in [0.1, 0.15) is 5.69 Å². The minimum Gasteiger partial charge on any atom is -0.386 e. The van der Waals surface area contributed by atoms with Crippen LogP contribution in [0, 0.1) is 0 Å². The van der Waals surface area contributed by atoms with Crippen LogP contribution in [-0.4, -0.2) is 27.8 Å². The first-order valence-corrected chi connectivity index (χ1v) is 3.85. The SMILES string of the molecule is CNc1ccc(N(O)O)c2nonc12. The molecule has 1 heterocycles. The predicted molar refractivity (Wildman–Crippen MR) is 47.4 cm³/mol. The maximum atomic E-state index is 8.86. The number of nitrogens with one attached hydrogen (secondary N) is 1. The van der Waals surface area contributed by atoms with Gasteiger partial charge in [-0.05, 0) is 22.4 Å². The molecule has 1 aromatic heterocycles. The van der Waals surface area contributed by atoms with Gasteiger partial charge in [-0.2, -0.15) is 0 Å². The lowest BCUT2D eigenvalue weighted by atomic mass is 10.2. The molecule has 0 aliphatic carbocycles. The summed E-state index contributed by atoms with van der Waals surface area (Å²) in [6, 6.07) is 3.12. The fourth-order valence-electron chi connectivity index (χ4n) is 1.22. The number of hydrogen-bond donors (Lipinski definition) is 3. The van der Waals surface area contributed by atoms with E-state index in [4.69, 9.17) is 10.4 Å². The van der Waals surface area contributed by atoms with Gasteiger partial charge in [-0.15, -0.1) is 5.23 Å². The van der Waals surface area contributed by atoms with Crippen molar-refractivity contribution in [2.24, 2.45) is 0 Å². The van der Waals surface area contributed by atoms with Crippen molar-refractivity contribution >= 4 is 22.4 Å². The van der Waals surface area contributed by atoms with E-state index < -0.39 is 0 Å². The summed E-state index contributed by atoms with van der Waals surface area (Å²) in [7, 11) is 1.72. The van der Waals surface area contributed by atoms with Gasteiger partial charge in [0.25, 0.3) is 0 Å². The van der Waals surface area contributed by atoms with Crippen molar-refractivity contribution in [3.63, 3.8) is 0 Å². The predicted octanol–water partition coefficient (Wildman–Crippen LogP) is 0.849. The van der Waals surface area contributed by atoms with Crippen LogP contribution in [-0.2, 0) is 0 Å². The number of nitrogens with zero attached hydrogens (tertiary/aromatic N) is 3. The monoisotopic (exact) mass is 196 g/mol. The number of benzene rings is 1. The van der Waals surface area contributed by atoms with E-state index in [1.165, 1.54) is 6.07 Å². The molecular weight excluding hydrogens is 188 g/mol. The average Bonchev–Trinajstić information content (AvgIpc) is 2.64. The third kappa shape index (κ3) is 1.15. The number of rotatable bonds is 2. The molecule has 0 spiro atoms. The summed E-state index contributed by atoms with van der Waals surface area (Å²) in [6.45, 7) is 0. The molecule has 0 saturated heterocycles. The van der Waals surface area contributed by atoms with Crippen molar-refractivity contribution in [3.8, 4) is 0 Å². The molecule has 0 saturated carbocycles. The molecule has 0 unspecified atom stereocenters. The molecule has 2 rings (SSSR count). The normalized spacial score (nSPS) is 10.5. The van der Waals surface area contributed by atoms with Crippen LogP contribution in [0.15, 0.2) is 16.8 Å². The second-order valence-corrected chi connectivity index (χ2v) is 2.63. The number of aromatic nitrogens is 2. The molecule has 14 heavy (non-hydrogen) atoms. The Kier molecular flexibility index (Phi) is 1.95. The van der Waals surface area contributed by atoms with Gasteiger partial charge in [-0.3, -0.25) is 10.4 Å². The second kappa shape index (κ2) is 3.13. The van der Waals surface area contributed by atoms with E-state index in [9.17, 15) is 0 Å². The molecule has 2 aromatic rings.